The van der Waals surface area contributed by atoms with E-state index < -0.39 is 0 Å². The summed E-state index contributed by atoms with van der Waals surface area (Å²) in [5, 5.41) is 16.4. The Hall–Kier alpha value is -1.73. The first-order valence-corrected chi connectivity index (χ1v) is 9.55. The van der Waals surface area contributed by atoms with E-state index >= 15 is 0 Å². The van der Waals surface area contributed by atoms with E-state index in [0.717, 1.165) is 50.7 Å². The van der Waals surface area contributed by atoms with Crippen molar-refractivity contribution in [2.45, 2.75) is 70.5 Å². The number of nitrogens with zero attached hydrogens (tertiary/aromatic N) is 5. The second-order valence-electron chi connectivity index (χ2n) is 7.66. The maximum absolute atomic E-state index is 5.95. The second kappa shape index (κ2) is 6.88. The first kappa shape index (κ1) is 16.7. The van der Waals surface area contributed by atoms with Gasteiger partial charge in [-0.05, 0) is 58.2 Å². The molecule has 2 aromatic heterocycles. The molecule has 4 rings (SSSR count). The Kier molecular flexibility index (Phi) is 4.60. The van der Waals surface area contributed by atoms with Crippen LogP contribution < -0.4 is 5.73 Å². The van der Waals surface area contributed by atoms with Gasteiger partial charge in [-0.25, -0.2) is 0 Å². The van der Waals surface area contributed by atoms with Crippen LogP contribution in [0.4, 0.5) is 0 Å². The largest absolute Gasteiger partial charge is 0.328 e. The molecule has 1 saturated heterocycles. The lowest BCUT2D eigenvalue weighted by Crippen LogP contribution is -2.36. The molecule has 0 atom stereocenters. The zero-order valence-electron chi connectivity index (χ0n) is 15.3. The molecule has 2 aromatic rings. The van der Waals surface area contributed by atoms with Crippen LogP contribution in [0, 0.1) is 6.92 Å². The number of hydrogen-bond donors (Lipinski definition) is 2. The quantitative estimate of drug-likeness (QED) is 0.866. The van der Waals surface area contributed by atoms with Crippen LogP contribution in [0.15, 0.2) is 6.20 Å². The van der Waals surface area contributed by atoms with Crippen molar-refractivity contribution in [2.24, 2.45) is 5.73 Å². The molecule has 25 heavy (non-hydrogen) atoms. The summed E-state index contributed by atoms with van der Waals surface area (Å²) in [6.07, 6.45) is 6.38. The van der Waals surface area contributed by atoms with Crippen molar-refractivity contribution in [1.82, 2.24) is 29.9 Å². The zero-order chi connectivity index (χ0) is 17.4. The van der Waals surface area contributed by atoms with Crippen LogP contribution in [0.25, 0.3) is 0 Å². The summed E-state index contributed by atoms with van der Waals surface area (Å²) in [7, 11) is 0. The van der Waals surface area contributed by atoms with E-state index in [4.69, 9.17) is 5.73 Å². The molecule has 0 radical (unpaired) electrons. The third-order valence-corrected chi connectivity index (χ3v) is 5.94. The molecular weight excluding hydrogens is 314 g/mol. The van der Waals surface area contributed by atoms with Gasteiger partial charge in [-0.1, -0.05) is 0 Å². The molecule has 0 amide bonds. The number of likely N-dealkylation sites (tertiary alicyclic amines) is 1. The van der Waals surface area contributed by atoms with Crippen LogP contribution in [0.1, 0.15) is 67.3 Å². The number of aromatic nitrogens is 5. The van der Waals surface area contributed by atoms with Crippen molar-refractivity contribution in [3.05, 3.63) is 29.1 Å². The Morgan fingerprint density at radius 2 is 1.96 bits per heavy atom. The minimum atomic E-state index is 0.348. The van der Waals surface area contributed by atoms with Crippen LogP contribution in [0.2, 0.25) is 0 Å². The Balaban J connectivity index is 1.38. The van der Waals surface area contributed by atoms with Crippen molar-refractivity contribution >= 4 is 0 Å². The molecule has 2 aliphatic rings. The normalized spacial score (nSPS) is 25.2. The van der Waals surface area contributed by atoms with Crippen LogP contribution in [-0.4, -0.2) is 49.0 Å². The van der Waals surface area contributed by atoms with E-state index in [-0.39, 0.29) is 0 Å². The van der Waals surface area contributed by atoms with Crippen molar-refractivity contribution in [3.8, 4) is 0 Å². The summed E-state index contributed by atoms with van der Waals surface area (Å²) in [4.78, 5) is 2.51. The Labute approximate surface area is 149 Å². The van der Waals surface area contributed by atoms with Gasteiger partial charge in [0.1, 0.15) is 11.6 Å². The molecule has 0 bridgehead atoms. The van der Waals surface area contributed by atoms with E-state index in [2.05, 4.69) is 43.7 Å². The van der Waals surface area contributed by atoms with Gasteiger partial charge < -0.3 is 10.3 Å². The predicted octanol–water partition coefficient (Wildman–Crippen LogP) is 1.91. The maximum Gasteiger partial charge on any atom is 0.147 e. The number of aromatic amines is 1. The van der Waals surface area contributed by atoms with E-state index in [1.54, 1.807) is 0 Å². The molecule has 1 aliphatic carbocycles. The Morgan fingerprint density at radius 3 is 2.56 bits per heavy atom. The van der Waals surface area contributed by atoms with Crippen molar-refractivity contribution in [3.63, 3.8) is 0 Å². The van der Waals surface area contributed by atoms with Gasteiger partial charge in [0.2, 0.25) is 0 Å². The van der Waals surface area contributed by atoms with Gasteiger partial charge in [-0.3, -0.25) is 10.00 Å². The molecule has 2 fully saturated rings. The van der Waals surface area contributed by atoms with Crippen LogP contribution in [0.5, 0.6) is 0 Å². The fraction of sp³-hybridized carbons (Fsp3) is 0.722. The van der Waals surface area contributed by atoms with E-state index in [9.17, 15) is 0 Å². The fourth-order valence-electron chi connectivity index (χ4n) is 4.33. The predicted molar refractivity (Wildman–Crippen MR) is 96.2 cm³/mol. The highest BCUT2D eigenvalue weighted by atomic mass is 15.3. The molecule has 0 spiro atoms. The number of hydrogen-bond acceptors (Lipinski definition) is 5. The van der Waals surface area contributed by atoms with Crippen LogP contribution >= 0.6 is 0 Å². The number of aryl methyl sites for hydroxylation is 1. The highest BCUT2D eigenvalue weighted by Gasteiger charge is 2.32. The maximum atomic E-state index is 5.95. The lowest BCUT2D eigenvalue weighted by molar-refractivity contribution is 0.196. The van der Waals surface area contributed by atoms with E-state index in [1.165, 1.54) is 24.1 Å². The van der Waals surface area contributed by atoms with Crippen molar-refractivity contribution < 1.29 is 0 Å². The molecule has 136 valence electrons. The summed E-state index contributed by atoms with van der Waals surface area (Å²) in [6.45, 7) is 8.36. The third kappa shape index (κ3) is 3.22. The fourth-order valence-corrected chi connectivity index (χ4v) is 4.33. The first-order valence-electron chi connectivity index (χ1n) is 9.55. The molecule has 3 heterocycles. The molecule has 7 nitrogen and oxygen atoms in total. The standard InChI is InChI=1S/C18H29N7/c1-3-25-16(21-23-18(25)14-8-15(19)9-14)11-24-6-4-13(5-7-24)17-12(2)10-20-22-17/h10,13-15H,3-9,11,19H2,1-2H3,(H,20,22). The molecule has 7 heteroatoms. The monoisotopic (exact) mass is 343 g/mol. The number of nitrogens with two attached hydrogens (primary N) is 1. The Bertz CT molecular complexity index is 705. The Morgan fingerprint density at radius 1 is 1.20 bits per heavy atom. The number of piperidine rings is 1. The number of nitrogens with one attached hydrogen (secondary N) is 1. The van der Waals surface area contributed by atoms with Gasteiger partial charge in [0.25, 0.3) is 0 Å². The SMILES string of the molecule is CCn1c(CN2CCC(c3[nH]ncc3C)CC2)nnc1C1CC(N)C1. The summed E-state index contributed by atoms with van der Waals surface area (Å²) in [5.41, 5.74) is 8.55. The van der Waals surface area contributed by atoms with Crippen LogP contribution in [0.3, 0.4) is 0 Å². The van der Waals surface area contributed by atoms with E-state index in [1.807, 2.05) is 6.20 Å². The smallest absolute Gasteiger partial charge is 0.147 e. The summed E-state index contributed by atoms with van der Waals surface area (Å²) >= 11 is 0. The van der Waals surface area contributed by atoms with Gasteiger partial charge in [-0.15, -0.1) is 10.2 Å². The van der Waals surface area contributed by atoms with E-state index in [0.29, 0.717) is 17.9 Å². The minimum Gasteiger partial charge on any atom is -0.328 e. The highest BCUT2D eigenvalue weighted by molar-refractivity contribution is 5.19. The lowest BCUT2D eigenvalue weighted by atomic mass is 9.80. The average molecular weight is 343 g/mol. The van der Waals surface area contributed by atoms with Gasteiger partial charge in [-0.2, -0.15) is 5.10 Å². The van der Waals surface area contributed by atoms with Crippen LogP contribution in [-0.2, 0) is 13.1 Å². The molecule has 1 aliphatic heterocycles. The number of rotatable bonds is 5. The zero-order valence-corrected chi connectivity index (χ0v) is 15.3. The summed E-state index contributed by atoms with van der Waals surface area (Å²) in [6, 6.07) is 0.348. The molecule has 0 unspecified atom stereocenters. The molecule has 3 N–H and O–H groups in total. The van der Waals surface area contributed by atoms with Gasteiger partial charge in [0, 0.05) is 30.1 Å². The first-order chi connectivity index (χ1) is 12.2. The third-order valence-electron chi connectivity index (χ3n) is 5.94. The highest BCUT2D eigenvalue weighted by Crippen LogP contribution is 2.35. The van der Waals surface area contributed by atoms with Crippen molar-refractivity contribution in [2.75, 3.05) is 13.1 Å². The van der Waals surface area contributed by atoms with Crippen molar-refractivity contribution in [1.29, 1.82) is 0 Å². The number of H-pyrrole nitrogens is 1. The van der Waals surface area contributed by atoms with Gasteiger partial charge >= 0.3 is 0 Å². The summed E-state index contributed by atoms with van der Waals surface area (Å²) in [5.74, 6) is 3.36. The summed E-state index contributed by atoms with van der Waals surface area (Å²) < 4.78 is 2.31. The minimum absolute atomic E-state index is 0.348. The molecular formula is C18H29N7. The average Bonchev–Trinajstić information content (AvgIpc) is 3.18. The topological polar surface area (TPSA) is 88.7 Å². The second-order valence-corrected chi connectivity index (χ2v) is 7.66. The lowest BCUT2D eigenvalue weighted by Gasteiger charge is -2.33. The molecule has 1 saturated carbocycles. The van der Waals surface area contributed by atoms with Gasteiger partial charge in [0.05, 0.1) is 12.7 Å². The molecule has 0 aromatic carbocycles. The van der Waals surface area contributed by atoms with Gasteiger partial charge in [0.15, 0.2) is 0 Å².